The number of nitrogens with zero attached hydrogens (tertiary/aromatic N) is 1. The van der Waals surface area contributed by atoms with E-state index in [1.165, 1.54) is 0 Å². The lowest BCUT2D eigenvalue weighted by Crippen LogP contribution is -2.69. The van der Waals surface area contributed by atoms with Gasteiger partial charge in [-0.3, -0.25) is 0 Å². The van der Waals surface area contributed by atoms with E-state index in [-0.39, 0.29) is 12.0 Å². The highest BCUT2D eigenvalue weighted by atomic mass is 32.2. The summed E-state index contributed by atoms with van der Waals surface area (Å²) >= 11 is 0. The molecule has 4 aliphatic rings. The van der Waals surface area contributed by atoms with Gasteiger partial charge in [-0.1, -0.05) is 25.7 Å². The Hall–Kier alpha value is -0.440. The van der Waals surface area contributed by atoms with Crippen LogP contribution in [0.2, 0.25) is 0 Å². The summed E-state index contributed by atoms with van der Waals surface area (Å²) in [5, 5.41) is 32.6. The molecule has 4 rings (SSSR count). The van der Waals surface area contributed by atoms with Gasteiger partial charge < -0.3 is 20.1 Å². The molecule has 0 radical (unpaired) electrons. The van der Waals surface area contributed by atoms with Crippen LogP contribution in [0.4, 0.5) is 4.39 Å². The molecule has 0 aromatic carbocycles. The smallest absolute Gasteiger partial charge is 0.216 e. The maximum Gasteiger partial charge on any atom is 0.216 e. The van der Waals surface area contributed by atoms with Crippen molar-refractivity contribution in [3.05, 3.63) is 0 Å². The lowest BCUT2D eigenvalue weighted by atomic mass is 9.83. The van der Waals surface area contributed by atoms with E-state index in [0.29, 0.717) is 32.2 Å². The third-order valence-corrected chi connectivity index (χ3v) is 9.44. The number of hydrogen-bond donors (Lipinski definition) is 6. The van der Waals surface area contributed by atoms with Gasteiger partial charge in [0.2, 0.25) is 10.0 Å². The minimum atomic E-state index is -3.74. The molecule has 2 heterocycles. The predicted octanol–water partition coefficient (Wildman–Crippen LogP) is -0.732. The largest absolute Gasteiger partial charge is 0.394 e. The molecule has 6 N–H and O–H groups in total. The van der Waals surface area contributed by atoms with Crippen LogP contribution in [0.15, 0.2) is 0 Å². The highest BCUT2D eigenvalue weighted by molar-refractivity contribution is 7.90. The fraction of sp³-hybridized carbons (Fsp3) is 1.00. The second-order valence-electron chi connectivity index (χ2n) is 9.71. The first-order valence-electron chi connectivity index (χ1n) is 11.9. The third kappa shape index (κ3) is 5.28. The van der Waals surface area contributed by atoms with Crippen LogP contribution in [0, 0.1) is 5.92 Å². The van der Waals surface area contributed by atoms with E-state index in [2.05, 4.69) is 15.7 Å². The number of alkyl halides is 1. The molecule has 2 aliphatic heterocycles. The van der Waals surface area contributed by atoms with Gasteiger partial charge in [-0.05, 0) is 38.0 Å². The molecule has 0 amide bonds. The molecule has 2 saturated heterocycles. The number of rotatable bonds is 6. The molecule has 186 valence electrons. The molecule has 0 aromatic rings. The Labute approximate surface area is 188 Å². The zero-order valence-corrected chi connectivity index (χ0v) is 19.1. The molecule has 4 fully saturated rings. The van der Waals surface area contributed by atoms with E-state index in [9.17, 15) is 28.1 Å². The van der Waals surface area contributed by atoms with Gasteiger partial charge in [0.25, 0.3) is 0 Å². The first kappa shape index (κ1) is 24.7. The fourth-order valence-electron chi connectivity index (χ4n) is 5.66. The summed E-state index contributed by atoms with van der Waals surface area (Å²) in [6.45, 7) is -0.126. The Balaban J connectivity index is 1.45. The zero-order valence-electron chi connectivity index (χ0n) is 18.3. The second kappa shape index (κ2) is 10.4. The van der Waals surface area contributed by atoms with Crippen LogP contribution in [0.3, 0.4) is 0 Å². The molecule has 10 nitrogen and oxygen atoms in total. The van der Waals surface area contributed by atoms with E-state index < -0.39 is 58.6 Å². The predicted molar refractivity (Wildman–Crippen MR) is 114 cm³/mol. The summed E-state index contributed by atoms with van der Waals surface area (Å²) in [6.07, 6.45) is 0.777. The summed E-state index contributed by atoms with van der Waals surface area (Å²) in [4.78, 5) is 0. The summed E-state index contributed by atoms with van der Waals surface area (Å²) < 4.78 is 47.7. The highest BCUT2D eigenvalue weighted by Gasteiger charge is 2.50. The molecule has 0 spiro atoms. The van der Waals surface area contributed by atoms with Crippen molar-refractivity contribution in [2.45, 2.75) is 106 Å². The van der Waals surface area contributed by atoms with Gasteiger partial charge in [-0.25, -0.2) is 23.2 Å². The van der Waals surface area contributed by atoms with Gasteiger partial charge in [0.05, 0.1) is 17.9 Å². The van der Waals surface area contributed by atoms with Gasteiger partial charge >= 0.3 is 0 Å². The van der Waals surface area contributed by atoms with Crippen LogP contribution in [0.5, 0.6) is 0 Å². The Kier molecular flexibility index (Phi) is 8.06. The van der Waals surface area contributed by atoms with Crippen molar-refractivity contribution in [1.29, 1.82) is 0 Å². The number of hydrazine groups is 2. The number of sulfonamides is 1. The van der Waals surface area contributed by atoms with Crippen LogP contribution in [0.1, 0.15) is 57.8 Å². The van der Waals surface area contributed by atoms with Gasteiger partial charge in [0.1, 0.15) is 30.7 Å². The van der Waals surface area contributed by atoms with E-state index in [4.69, 9.17) is 4.74 Å². The van der Waals surface area contributed by atoms with Crippen LogP contribution >= 0.6 is 0 Å². The summed E-state index contributed by atoms with van der Waals surface area (Å²) in [7, 11) is -3.74. The molecule has 0 aromatic heterocycles. The molecular weight excluding hydrogens is 443 g/mol. The maximum absolute atomic E-state index is 13.9. The van der Waals surface area contributed by atoms with Crippen molar-refractivity contribution in [3.63, 3.8) is 0 Å². The maximum atomic E-state index is 13.9. The number of nitrogens with one attached hydrogen (secondary N) is 3. The quantitative estimate of drug-likeness (QED) is 0.290. The zero-order chi connectivity index (χ0) is 22.9. The molecule has 12 heteroatoms. The number of aliphatic hydroxyl groups excluding tert-OH is 3. The molecule has 2 saturated carbocycles. The fourth-order valence-corrected chi connectivity index (χ4v) is 7.33. The summed E-state index contributed by atoms with van der Waals surface area (Å²) in [5.74, 6) is 0.125. The van der Waals surface area contributed by atoms with E-state index >= 15 is 0 Å². The van der Waals surface area contributed by atoms with Crippen molar-refractivity contribution >= 4 is 10.0 Å². The molecule has 32 heavy (non-hydrogen) atoms. The monoisotopic (exact) mass is 480 g/mol. The molecule has 3 unspecified atom stereocenters. The second-order valence-corrected chi connectivity index (χ2v) is 11.7. The number of halogens is 1. The van der Waals surface area contributed by atoms with Crippen LogP contribution in [0.25, 0.3) is 0 Å². The van der Waals surface area contributed by atoms with Crippen LogP contribution < -0.4 is 15.7 Å². The van der Waals surface area contributed by atoms with Crippen molar-refractivity contribution in [3.8, 4) is 0 Å². The van der Waals surface area contributed by atoms with E-state index in [0.717, 1.165) is 32.1 Å². The molecular formula is C20H37FN4O6S. The van der Waals surface area contributed by atoms with Gasteiger partial charge in [0, 0.05) is 12.6 Å². The molecule has 8 atom stereocenters. The summed E-state index contributed by atoms with van der Waals surface area (Å²) in [5.41, 5.74) is 6.10. The van der Waals surface area contributed by atoms with E-state index in [1.807, 2.05) is 0 Å². The summed E-state index contributed by atoms with van der Waals surface area (Å²) in [6, 6.07) is -0.997. The standard InChI is InChI=1S/C20H37FN4O6S/c21-13-6-4-5-12(9-13)15-10-25(24-22-15)17-18(27)16(11-26)31-20(19(17)28)23-32(29,30)14-7-2-1-3-8-14/h12-20,22-24,26-28H,1-11H2/t12?,13?,15?,16-,17+,18+,19-,20-/m1/s1. The van der Waals surface area contributed by atoms with Gasteiger partial charge in [-0.2, -0.15) is 10.3 Å². The Morgan fingerprint density at radius 2 is 1.81 bits per heavy atom. The topological polar surface area (TPSA) is 143 Å². The Morgan fingerprint density at radius 3 is 2.50 bits per heavy atom. The Bertz CT molecular complexity index is 727. The van der Waals surface area contributed by atoms with Crippen molar-refractivity contribution in [1.82, 2.24) is 20.7 Å². The van der Waals surface area contributed by atoms with Crippen molar-refractivity contribution in [2.75, 3.05) is 13.2 Å². The third-order valence-electron chi connectivity index (χ3n) is 7.53. The molecule has 0 bridgehead atoms. The van der Waals surface area contributed by atoms with Gasteiger partial charge in [0.15, 0.2) is 0 Å². The lowest BCUT2D eigenvalue weighted by Gasteiger charge is -2.45. The number of ether oxygens (including phenoxy) is 1. The minimum absolute atomic E-state index is 0.0687. The van der Waals surface area contributed by atoms with Crippen LogP contribution in [-0.2, 0) is 14.8 Å². The average molecular weight is 481 g/mol. The average Bonchev–Trinajstić information content (AvgIpc) is 3.26. The van der Waals surface area contributed by atoms with Crippen molar-refractivity contribution < 1.29 is 32.9 Å². The highest BCUT2D eigenvalue weighted by Crippen LogP contribution is 2.32. The number of aliphatic hydroxyl groups is 3. The minimum Gasteiger partial charge on any atom is -0.394 e. The lowest BCUT2D eigenvalue weighted by molar-refractivity contribution is -0.220. The number of hydrogen-bond acceptors (Lipinski definition) is 9. The van der Waals surface area contributed by atoms with Crippen LogP contribution in [-0.4, -0.2) is 89.9 Å². The first-order valence-corrected chi connectivity index (χ1v) is 13.4. The molecule has 2 aliphatic carbocycles. The van der Waals surface area contributed by atoms with Crippen molar-refractivity contribution in [2.24, 2.45) is 5.92 Å². The Morgan fingerprint density at radius 1 is 1.06 bits per heavy atom. The normalized spacial score (nSPS) is 42.9. The first-order chi connectivity index (χ1) is 15.3. The SMILES string of the molecule is O=S(=O)(N[C@@H]1O[C@H](CO)[C@H](O)[C@H](N2CC(C3CCCC(F)C3)NN2)[C@H]1O)C1CCCCC1. The van der Waals surface area contributed by atoms with E-state index in [1.54, 1.807) is 5.01 Å². The van der Waals surface area contributed by atoms with Gasteiger partial charge in [-0.15, -0.1) is 0 Å².